The van der Waals surface area contributed by atoms with Crippen molar-refractivity contribution in [2.24, 2.45) is 7.05 Å². The molecule has 0 spiro atoms. The second-order valence-corrected chi connectivity index (χ2v) is 8.70. The van der Waals surface area contributed by atoms with Crippen LogP contribution in [0.15, 0.2) is 23.4 Å². The fourth-order valence-electron chi connectivity index (χ4n) is 2.57. The number of benzene rings is 1. The fraction of sp³-hybridized carbons (Fsp3) is 0.368. The molecule has 0 aliphatic heterocycles. The number of nitrogens with one attached hydrogen (secondary N) is 2. The molecule has 0 unspecified atom stereocenters. The van der Waals surface area contributed by atoms with Crippen LogP contribution >= 0.6 is 23.1 Å². The van der Waals surface area contributed by atoms with Crippen LogP contribution in [0.1, 0.15) is 28.9 Å². The molecule has 0 fully saturated rings. The van der Waals surface area contributed by atoms with Crippen LogP contribution in [0.2, 0.25) is 0 Å². The van der Waals surface area contributed by atoms with Crippen LogP contribution < -0.4 is 10.6 Å². The van der Waals surface area contributed by atoms with E-state index in [0.717, 1.165) is 28.2 Å². The summed E-state index contributed by atoms with van der Waals surface area (Å²) < 4.78 is 1.72. The van der Waals surface area contributed by atoms with E-state index in [1.54, 1.807) is 11.6 Å². The minimum atomic E-state index is -0.198. The molecule has 0 radical (unpaired) electrons. The Hall–Kier alpha value is -2.79. The molecule has 0 bridgehead atoms. The molecule has 2 amide bonds. The summed E-state index contributed by atoms with van der Waals surface area (Å²) in [6.45, 7) is 5.91. The Morgan fingerprint density at radius 3 is 2.63 bits per heavy atom. The van der Waals surface area contributed by atoms with Crippen molar-refractivity contribution >= 4 is 45.7 Å². The maximum absolute atomic E-state index is 12.4. The summed E-state index contributed by atoms with van der Waals surface area (Å²) in [5.41, 5.74) is 2.86. The van der Waals surface area contributed by atoms with Gasteiger partial charge in [-0.3, -0.25) is 14.9 Å². The number of hydrogen-bond acceptors (Lipinski definition) is 8. The Kier molecular flexibility index (Phi) is 7.16. The van der Waals surface area contributed by atoms with Crippen LogP contribution in [0.3, 0.4) is 0 Å². The first-order valence-electron chi connectivity index (χ1n) is 9.36. The number of carbonyl (C=O) groups excluding carboxylic acids is 2. The van der Waals surface area contributed by atoms with Crippen molar-refractivity contribution in [1.29, 1.82) is 0 Å². The van der Waals surface area contributed by atoms with Crippen LogP contribution in [0.25, 0.3) is 0 Å². The summed E-state index contributed by atoms with van der Waals surface area (Å²) in [5, 5.41) is 23.7. The summed E-state index contributed by atoms with van der Waals surface area (Å²) >= 11 is 2.60. The largest absolute Gasteiger partial charge is 0.325 e. The van der Waals surface area contributed by atoms with Crippen LogP contribution in [0.4, 0.5) is 10.8 Å². The Morgan fingerprint density at radius 2 is 1.90 bits per heavy atom. The number of hydrogen-bond donors (Lipinski definition) is 2. The monoisotopic (exact) mass is 445 g/mol. The maximum Gasteiger partial charge on any atom is 0.236 e. The summed E-state index contributed by atoms with van der Waals surface area (Å²) in [6, 6.07) is 5.91. The zero-order valence-corrected chi connectivity index (χ0v) is 18.9. The predicted molar refractivity (Wildman–Crippen MR) is 118 cm³/mol. The highest BCUT2D eigenvalue weighted by molar-refractivity contribution is 7.99. The van der Waals surface area contributed by atoms with Crippen molar-refractivity contribution in [3.05, 3.63) is 40.2 Å². The molecule has 2 aromatic heterocycles. The third kappa shape index (κ3) is 5.63. The van der Waals surface area contributed by atoms with Crippen molar-refractivity contribution in [2.75, 3.05) is 16.4 Å². The molecule has 0 saturated carbocycles. The Morgan fingerprint density at radius 1 is 1.10 bits per heavy atom. The molecule has 0 aliphatic carbocycles. The van der Waals surface area contributed by atoms with Gasteiger partial charge in [-0.2, -0.15) is 0 Å². The summed E-state index contributed by atoms with van der Waals surface area (Å²) in [6.07, 6.45) is 0.870. The smallest absolute Gasteiger partial charge is 0.236 e. The first-order chi connectivity index (χ1) is 14.4. The van der Waals surface area contributed by atoms with Gasteiger partial charge in [0.05, 0.1) is 12.2 Å². The number of thioether (sulfide) groups is 1. The zero-order chi connectivity index (χ0) is 21.7. The van der Waals surface area contributed by atoms with E-state index < -0.39 is 0 Å². The van der Waals surface area contributed by atoms with E-state index in [1.807, 2.05) is 39.0 Å². The lowest BCUT2D eigenvalue weighted by molar-refractivity contribution is -0.116. The molecule has 0 atom stereocenters. The Balaban J connectivity index is 1.54. The normalized spacial score (nSPS) is 10.8. The minimum absolute atomic E-state index is 0.0915. The minimum Gasteiger partial charge on any atom is -0.325 e. The average molecular weight is 446 g/mol. The highest BCUT2D eigenvalue weighted by Crippen LogP contribution is 2.20. The van der Waals surface area contributed by atoms with E-state index in [0.29, 0.717) is 16.1 Å². The van der Waals surface area contributed by atoms with Gasteiger partial charge in [0.25, 0.3) is 0 Å². The molecule has 0 aliphatic rings. The molecule has 30 heavy (non-hydrogen) atoms. The van der Waals surface area contributed by atoms with E-state index in [1.165, 1.54) is 23.1 Å². The highest BCUT2D eigenvalue weighted by atomic mass is 32.2. The molecule has 11 heteroatoms. The molecular weight excluding hydrogens is 422 g/mol. The van der Waals surface area contributed by atoms with Crippen LogP contribution in [0, 0.1) is 13.8 Å². The van der Waals surface area contributed by atoms with Crippen molar-refractivity contribution in [3.8, 4) is 0 Å². The number of rotatable bonds is 8. The predicted octanol–water partition coefficient (Wildman–Crippen LogP) is 2.76. The van der Waals surface area contributed by atoms with Crippen LogP contribution in [0.5, 0.6) is 0 Å². The van der Waals surface area contributed by atoms with Crippen LogP contribution in [-0.2, 0) is 29.5 Å². The third-order valence-corrected chi connectivity index (χ3v) is 6.26. The number of amides is 2. The average Bonchev–Trinajstić information content (AvgIpc) is 3.30. The van der Waals surface area contributed by atoms with Crippen molar-refractivity contribution in [3.63, 3.8) is 0 Å². The van der Waals surface area contributed by atoms with Crippen molar-refractivity contribution < 1.29 is 9.59 Å². The lowest BCUT2D eigenvalue weighted by Gasteiger charge is -2.09. The molecule has 3 rings (SSSR count). The number of aryl methyl sites for hydroxylation is 3. The summed E-state index contributed by atoms with van der Waals surface area (Å²) in [7, 11) is 1.78. The SMILES string of the molecule is CCc1nnc(NC(=O)CSc2nnc(CC(=O)Nc3cc(C)ccc3C)n2C)s1. The summed E-state index contributed by atoms with van der Waals surface area (Å²) in [4.78, 5) is 24.6. The van der Waals surface area contributed by atoms with Gasteiger partial charge in [0, 0.05) is 12.7 Å². The number of aromatic nitrogens is 5. The first kappa shape index (κ1) is 21.9. The van der Waals surface area contributed by atoms with Gasteiger partial charge in [-0.05, 0) is 37.5 Å². The van der Waals surface area contributed by atoms with E-state index in [-0.39, 0.29) is 24.0 Å². The topological polar surface area (TPSA) is 115 Å². The summed E-state index contributed by atoms with van der Waals surface area (Å²) in [5.74, 6) is 0.312. The number of carbonyl (C=O) groups is 2. The highest BCUT2D eigenvalue weighted by Gasteiger charge is 2.16. The van der Waals surface area contributed by atoms with Gasteiger partial charge in [-0.25, -0.2) is 0 Å². The fourth-order valence-corrected chi connectivity index (χ4v) is 3.99. The van der Waals surface area contributed by atoms with E-state index in [2.05, 4.69) is 31.0 Å². The second-order valence-electron chi connectivity index (χ2n) is 6.69. The van der Waals surface area contributed by atoms with E-state index in [4.69, 9.17) is 0 Å². The van der Waals surface area contributed by atoms with Crippen molar-refractivity contribution in [2.45, 2.75) is 38.8 Å². The quantitative estimate of drug-likeness (QED) is 0.512. The lowest BCUT2D eigenvalue weighted by atomic mass is 10.1. The first-order valence-corrected chi connectivity index (χ1v) is 11.2. The number of anilines is 2. The Bertz CT molecular complexity index is 1060. The molecule has 0 saturated heterocycles. The maximum atomic E-state index is 12.4. The van der Waals surface area contributed by atoms with E-state index >= 15 is 0 Å². The van der Waals surface area contributed by atoms with Crippen molar-refractivity contribution in [1.82, 2.24) is 25.0 Å². The molecule has 9 nitrogen and oxygen atoms in total. The molecule has 2 heterocycles. The molecule has 2 N–H and O–H groups in total. The van der Waals surface area contributed by atoms with Gasteiger partial charge in [-0.15, -0.1) is 20.4 Å². The molecule has 3 aromatic rings. The molecular formula is C19H23N7O2S2. The van der Waals surface area contributed by atoms with Crippen LogP contribution in [-0.4, -0.2) is 42.5 Å². The van der Waals surface area contributed by atoms with Gasteiger partial charge in [0.2, 0.25) is 16.9 Å². The van der Waals surface area contributed by atoms with Gasteiger partial charge in [0.1, 0.15) is 10.8 Å². The second kappa shape index (κ2) is 9.81. The molecule has 1 aromatic carbocycles. The van der Waals surface area contributed by atoms with Gasteiger partial charge in [-0.1, -0.05) is 42.2 Å². The zero-order valence-electron chi connectivity index (χ0n) is 17.2. The van der Waals surface area contributed by atoms with Gasteiger partial charge >= 0.3 is 0 Å². The Labute approximate surface area is 182 Å². The third-order valence-electron chi connectivity index (χ3n) is 4.26. The molecule has 158 valence electrons. The van der Waals surface area contributed by atoms with E-state index in [9.17, 15) is 9.59 Å². The van der Waals surface area contributed by atoms with Gasteiger partial charge in [0.15, 0.2) is 5.16 Å². The lowest BCUT2D eigenvalue weighted by Crippen LogP contribution is -2.18. The van der Waals surface area contributed by atoms with Gasteiger partial charge < -0.3 is 9.88 Å². The standard InChI is InChI=1S/C19H23N7O2S2/c1-5-17-23-24-18(30-17)21-16(28)10-29-19-25-22-14(26(19)4)9-15(27)20-13-8-11(2)6-7-12(13)3/h6-8H,5,9-10H2,1-4H3,(H,20,27)(H,21,24,28). The number of nitrogens with zero attached hydrogens (tertiary/aromatic N) is 5.